The van der Waals surface area contributed by atoms with Crippen molar-refractivity contribution >= 4 is 0 Å². The molecule has 0 saturated carbocycles. The molecule has 3 heteroatoms. The van der Waals surface area contributed by atoms with Gasteiger partial charge in [0, 0.05) is 18.8 Å². The Balaban J connectivity index is 1.84. The first-order valence-electron chi connectivity index (χ1n) is 5.98. The van der Waals surface area contributed by atoms with E-state index in [1.54, 1.807) is 0 Å². The van der Waals surface area contributed by atoms with Gasteiger partial charge in [-0.3, -0.25) is 4.68 Å². The standard InChI is InChI=1S/C12H21N3/c1-10-11(9-14-15(10)2)6-7-12-5-3-4-8-13-12/h9,12-13H,3-8H2,1-2H3. The molecule has 0 amide bonds. The van der Waals surface area contributed by atoms with Crippen molar-refractivity contribution in [1.82, 2.24) is 15.1 Å². The maximum Gasteiger partial charge on any atom is 0.0524 e. The minimum absolute atomic E-state index is 0.735. The highest BCUT2D eigenvalue weighted by molar-refractivity contribution is 5.16. The summed E-state index contributed by atoms with van der Waals surface area (Å²) < 4.78 is 1.96. The third-order valence-electron chi connectivity index (χ3n) is 3.51. The third kappa shape index (κ3) is 2.59. The summed E-state index contributed by atoms with van der Waals surface area (Å²) in [6.45, 7) is 3.35. The fourth-order valence-corrected chi connectivity index (χ4v) is 2.29. The molecular weight excluding hydrogens is 186 g/mol. The largest absolute Gasteiger partial charge is 0.314 e. The van der Waals surface area contributed by atoms with E-state index in [0.29, 0.717) is 0 Å². The number of hydrogen-bond donors (Lipinski definition) is 1. The molecule has 1 aromatic heterocycles. The molecule has 0 bridgehead atoms. The van der Waals surface area contributed by atoms with Gasteiger partial charge in [0.2, 0.25) is 0 Å². The van der Waals surface area contributed by atoms with Crippen LogP contribution in [0.3, 0.4) is 0 Å². The van der Waals surface area contributed by atoms with Gasteiger partial charge in [-0.15, -0.1) is 0 Å². The van der Waals surface area contributed by atoms with E-state index in [1.807, 2.05) is 17.9 Å². The molecule has 1 atom stereocenters. The van der Waals surface area contributed by atoms with E-state index in [0.717, 1.165) is 12.5 Å². The Morgan fingerprint density at radius 3 is 3.00 bits per heavy atom. The Kier molecular flexibility index (Phi) is 3.41. The van der Waals surface area contributed by atoms with Crippen LogP contribution in [-0.2, 0) is 13.5 Å². The van der Waals surface area contributed by atoms with Crippen LogP contribution in [0.4, 0.5) is 0 Å². The summed E-state index contributed by atoms with van der Waals surface area (Å²) in [5.41, 5.74) is 2.72. The topological polar surface area (TPSA) is 29.9 Å². The molecule has 0 radical (unpaired) electrons. The highest BCUT2D eigenvalue weighted by atomic mass is 15.3. The van der Waals surface area contributed by atoms with Gasteiger partial charge in [0.15, 0.2) is 0 Å². The molecule has 0 aliphatic carbocycles. The van der Waals surface area contributed by atoms with Crippen LogP contribution in [0.15, 0.2) is 6.20 Å². The molecule has 1 aromatic rings. The summed E-state index contributed by atoms with van der Waals surface area (Å²) in [5.74, 6) is 0. The maximum atomic E-state index is 4.28. The number of aryl methyl sites for hydroxylation is 2. The summed E-state index contributed by atoms with van der Waals surface area (Å²) in [5, 5.41) is 7.86. The van der Waals surface area contributed by atoms with E-state index in [9.17, 15) is 0 Å². The molecule has 1 aliphatic rings. The fourth-order valence-electron chi connectivity index (χ4n) is 2.29. The number of nitrogens with zero attached hydrogens (tertiary/aromatic N) is 2. The Hall–Kier alpha value is -0.830. The molecule has 2 heterocycles. The summed E-state index contributed by atoms with van der Waals surface area (Å²) in [6, 6.07) is 0.735. The average Bonchev–Trinajstić information content (AvgIpc) is 2.59. The first kappa shape index (κ1) is 10.7. The molecule has 1 fully saturated rings. The van der Waals surface area contributed by atoms with Crippen LogP contribution in [-0.4, -0.2) is 22.4 Å². The lowest BCUT2D eigenvalue weighted by Crippen LogP contribution is -2.34. The lowest BCUT2D eigenvalue weighted by atomic mass is 9.98. The zero-order valence-electron chi connectivity index (χ0n) is 9.79. The smallest absolute Gasteiger partial charge is 0.0524 e. The van der Waals surface area contributed by atoms with Gasteiger partial charge in [-0.25, -0.2) is 0 Å². The van der Waals surface area contributed by atoms with E-state index in [2.05, 4.69) is 17.3 Å². The van der Waals surface area contributed by atoms with Crippen LogP contribution < -0.4 is 5.32 Å². The van der Waals surface area contributed by atoms with E-state index < -0.39 is 0 Å². The lowest BCUT2D eigenvalue weighted by Gasteiger charge is -2.23. The van der Waals surface area contributed by atoms with Crippen LogP contribution in [0.1, 0.15) is 36.9 Å². The number of hydrogen-bond acceptors (Lipinski definition) is 2. The SMILES string of the molecule is Cc1c(CCC2CCCCN2)cnn1C. The molecule has 15 heavy (non-hydrogen) atoms. The van der Waals surface area contributed by atoms with E-state index in [-0.39, 0.29) is 0 Å². The highest BCUT2D eigenvalue weighted by Crippen LogP contribution is 2.15. The Morgan fingerprint density at radius 1 is 1.53 bits per heavy atom. The van der Waals surface area contributed by atoms with Crippen molar-refractivity contribution in [2.45, 2.75) is 45.1 Å². The number of nitrogens with one attached hydrogen (secondary N) is 1. The second-order valence-electron chi connectivity index (χ2n) is 4.56. The third-order valence-corrected chi connectivity index (χ3v) is 3.51. The van der Waals surface area contributed by atoms with Gasteiger partial charge in [0.25, 0.3) is 0 Å². The van der Waals surface area contributed by atoms with Crippen molar-refractivity contribution in [3.8, 4) is 0 Å². The van der Waals surface area contributed by atoms with E-state index in [4.69, 9.17) is 0 Å². The molecule has 1 unspecified atom stereocenters. The van der Waals surface area contributed by atoms with Crippen molar-refractivity contribution in [2.24, 2.45) is 7.05 Å². The molecule has 3 nitrogen and oxygen atoms in total. The zero-order valence-corrected chi connectivity index (χ0v) is 9.79. The molecule has 84 valence electrons. The Labute approximate surface area is 91.9 Å². The second kappa shape index (κ2) is 4.79. The molecule has 1 N–H and O–H groups in total. The van der Waals surface area contributed by atoms with Gasteiger partial charge in [-0.2, -0.15) is 5.10 Å². The van der Waals surface area contributed by atoms with Crippen LogP contribution in [0.25, 0.3) is 0 Å². The maximum absolute atomic E-state index is 4.28. The Bertz CT molecular complexity index is 311. The second-order valence-corrected chi connectivity index (χ2v) is 4.56. The number of piperidine rings is 1. The quantitative estimate of drug-likeness (QED) is 0.819. The van der Waals surface area contributed by atoms with Crippen molar-refractivity contribution in [3.63, 3.8) is 0 Å². The summed E-state index contributed by atoms with van der Waals surface area (Å²) >= 11 is 0. The van der Waals surface area contributed by atoms with Gasteiger partial charge >= 0.3 is 0 Å². The first-order valence-corrected chi connectivity index (χ1v) is 5.98. The predicted molar refractivity (Wildman–Crippen MR) is 61.9 cm³/mol. The van der Waals surface area contributed by atoms with Crippen molar-refractivity contribution in [3.05, 3.63) is 17.5 Å². The van der Waals surface area contributed by atoms with Crippen LogP contribution in [0.5, 0.6) is 0 Å². The molecule has 0 spiro atoms. The highest BCUT2D eigenvalue weighted by Gasteiger charge is 2.13. The van der Waals surface area contributed by atoms with Gasteiger partial charge in [-0.1, -0.05) is 6.42 Å². The van der Waals surface area contributed by atoms with Crippen LogP contribution in [0.2, 0.25) is 0 Å². The zero-order chi connectivity index (χ0) is 10.7. The first-order chi connectivity index (χ1) is 7.27. The van der Waals surface area contributed by atoms with Crippen molar-refractivity contribution in [2.75, 3.05) is 6.54 Å². The summed E-state index contributed by atoms with van der Waals surface area (Å²) in [6.07, 6.45) is 8.52. The normalized spacial score (nSPS) is 21.9. The van der Waals surface area contributed by atoms with Crippen LogP contribution in [0, 0.1) is 6.92 Å². The van der Waals surface area contributed by atoms with Crippen molar-refractivity contribution < 1.29 is 0 Å². The minimum atomic E-state index is 0.735. The summed E-state index contributed by atoms with van der Waals surface area (Å²) in [7, 11) is 2.01. The molecular formula is C12H21N3. The summed E-state index contributed by atoms with van der Waals surface area (Å²) in [4.78, 5) is 0. The Morgan fingerprint density at radius 2 is 2.40 bits per heavy atom. The monoisotopic (exact) mass is 207 g/mol. The number of rotatable bonds is 3. The molecule has 1 saturated heterocycles. The number of aromatic nitrogens is 2. The van der Waals surface area contributed by atoms with Crippen molar-refractivity contribution in [1.29, 1.82) is 0 Å². The predicted octanol–water partition coefficient (Wildman–Crippen LogP) is 1.80. The van der Waals surface area contributed by atoms with E-state index in [1.165, 1.54) is 43.5 Å². The van der Waals surface area contributed by atoms with Gasteiger partial charge in [0.1, 0.15) is 0 Å². The van der Waals surface area contributed by atoms with E-state index >= 15 is 0 Å². The minimum Gasteiger partial charge on any atom is -0.314 e. The molecule has 2 rings (SSSR count). The fraction of sp³-hybridized carbons (Fsp3) is 0.750. The molecule has 1 aliphatic heterocycles. The van der Waals surface area contributed by atoms with Gasteiger partial charge in [-0.05, 0) is 44.7 Å². The van der Waals surface area contributed by atoms with Gasteiger partial charge < -0.3 is 5.32 Å². The average molecular weight is 207 g/mol. The van der Waals surface area contributed by atoms with Crippen LogP contribution >= 0.6 is 0 Å². The molecule has 0 aromatic carbocycles. The van der Waals surface area contributed by atoms with Gasteiger partial charge in [0.05, 0.1) is 6.20 Å². The lowest BCUT2D eigenvalue weighted by molar-refractivity contribution is 0.382.